The standard InChI is InChI=1S/C52H72N2/c1-5-7-9-15-29-51(30-16-10-8-6-2)47-35-39(3)21-25-43(47)45-27-23-41(37-49(45)51)42-24-28-46-44-26-22-40(4)36-48(44)52(50(46)38-42,31-17-11-13-19-33-53)32-18-12-14-20-34-54/h21-28,35-38H,5-20,29-34,53-54H2,1-4H3/p+2. The molecule has 0 radical (unpaired) electrons. The van der Waals surface area contributed by atoms with Crippen LogP contribution in [0.4, 0.5) is 0 Å². The lowest BCUT2D eigenvalue weighted by Crippen LogP contribution is -2.50. The van der Waals surface area contributed by atoms with Crippen LogP contribution in [0.5, 0.6) is 0 Å². The van der Waals surface area contributed by atoms with Crippen LogP contribution in [0.1, 0.15) is 176 Å². The molecule has 0 atom stereocenters. The van der Waals surface area contributed by atoms with Crippen molar-refractivity contribution in [2.24, 2.45) is 0 Å². The van der Waals surface area contributed by atoms with Crippen molar-refractivity contribution < 1.29 is 11.5 Å². The predicted octanol–water partition coefficient (Wildman–Crippen LogP) is 12.8. The molecule has 0 unspecified atom stereocenters. The summed E-state index contributed by atoms with van der Waals surface area (Å²) in [5, 5.41) is 0. The molecule has 6 rings (SSSR count). The van der Waals surface area contributed by atoms with Crippen molar-refractivity contribution >= 4 is 0 Å². The van der Waals surface area contributed by atoms with Crippen LogP contribution in [0, 0.1) is 13.8 Å². The molecule has 0 saturated heterocycles. The normalized spacial score (nSPS) is 14.6. The molecule has 4 aromatic carbocycles. The van der Waals surface area contributed by atoms with Gasteiger partial charge in [0, 0.05) is 10.8 Å². The zero-order valence-electron chi connectivity index (χ0n) is 34.9. The molecule has 2 nitrogen and oxygen atoms in total. The highest BCUT2D eigenvalue weighted by atomic mass is 14.5. The van der Waals surface area contributed by atoms with Crippen molar-refractivity contribution in [1.82, 2.24) is 0 Å². The summed E-state index contributed by atoms with van der Waals surface area (Å²) >= 11 is 0. The van der Waals surface area contributed by atoms with Gasteiger partial charge in [-0.15, -0.1) is 0 Å². The van der Waals surface area contributed by atoms with E-state index in [4.69, 9.17) is 0 Å². The Hall–Kier alpha value is -3.20. The van der Waals surface area contributed by atoms with Gasteiger partial charge in [0.2, 0.25) is 0 Å². The summed E-state index contributed by atoms with van der Waals surface area (Å²) in [5.74, 6) is 0. The van der Waals surface area contributed by atoms with Crippen molar-refractivity contribution in [1.29, 1.82) is 0 Å². The predicted molar refractivity (Wildman–Crippen MR) is 233 cm³/mol. The quantitative estimate of drug-likeness (QED) is 0.0715. The Labute approximate surface area is 329 Å². The molecule has 6 N–H and O–H groups in total. The minimum Gasteiger partial charge on any atom is -0.358 e. The fourth-order valence-electron chi connectivity index (χ4n) is 10.5. The third kappa shape index (κ3) is 8.46. The van der Waals surface area contributed by atoms with Crippen molar-refractivity contribution in [2.75, 3.05) is 13.1 Å². The third-order valence-corrected chi connectivity index (χ3v) is 13.5. The molecule has 0 aromatic heterocycles. The van der Waals surface area contributed by atoms with Crippen LogP contribution >= 0.6 is 0 Å². The van der Waals surface area contributed by atoms with Crippen LogP contribution in [-0.4, -0.2) is 13.1 Å². The monoisotopic (exact) mass is 727 g/mol. The molecule has 2 aliphatic carbocycles. The molecule has 2 heteroatoms. The molecule has 290 valence electrons. The first-order valence-electron chi connectivity index (χ1n) is 22.5. The molecule has 54 heavy (non-hydrogen) atoms. The molecule has 2 aliphatic rings. The molecule has 0 bridgehead atoms. The van der Waals surface area contributed by atoms with Crippen molar-refractivity contribution in [3.8, 4) is 33.4 Å². The Morgan fingerprint density at radius 2 is 0.685 bits per heavy atom. The van der Waals surface area contributed by atoms with E-state index in [1.54, 1.807) is 22.3 Å². The maximum atomic E-state index is 4.13. The number of quaternary nitrogens is 2. The summed E-state index contributed by atoms with van der Waals surface area (Å²) < 4.78 is 0. The van der Waals surface area contributed by atoms with Gasteiger partial charge in [-0.05, 0) is 133 Å². The highest BCUT2D eigenvalue weighted by Gasteiger charge is 2.44. The van der Waals surface area contributed by atoms with E-state index in [1.165, 1.54) is 173 Å². The maximum Gasteiger partial charge on any atom is 0.0739 e. The summed E-state index contributed by atoms with van der Waals surface area (Å²) in [7, 11) is 0. The van der Waals surface area contributed by atoms with Crippen LogP contribution in [-0.2, 0) is 10.8 Å². The van der Waals surface area contributed by atoms with Gasteiger partial charge >= 0.3 is 0 Å². The van der Waals surface area contributed by atoms with Gasteiger partial charge < -0.3 is 11.5 Å². The van der Waals surface area contributed by atoms with Gasteiger partial charge in [-0.3, -0.25) is 0 Å². The van der Waals surface area contributed by atoms with Crippen LogP contribution < -0.4 is 11.5 Å². The van der Waals surface area contributed by atoms with Crippen LogP contribution in [0.15, 0.2) is 72.8 Å². The van der Waals surface area contributed by atoms with Gasteiger partial charge in [-0.1, -0.05) is 163 Å². The SMILES string of the molecule is CCCCCCC1(CCCCCC)c2cc(C)ccc2-c2ccc(-c3ccc4c(c3)C(CCCCCC[NH3+])(CCCCCC[NH3+])c3cc(C)ccc3-4)cc21. The lowest BCUT2D eigenvalue weighted by Gasteiger charge is -2.34. The summed E-state index contributed by atoms with van der Waals surface area (Å²) in [5.41, 5.74) is 26.4. The van der Waals surface area contributed by atoms with Gasteiger partial charge in [0.05, 0.1) is 13.1 Å². The number of benzene rings is 4. The smallest absolute Gasteiger partial charge is 0.0739 e. The van der Waals surface area contributed by atoms with E-state index in [0.29, 0.717) is 0 Å². The molecule has 0 spiro atoms. The second kappa shape index (κ2) is 19.1. The first-order valence-corrected chi connectivity index (χ1v) is 22.5. The fraction of sp³-hybridized carbons (Fsp3) is 0.538. The first-order chi connectivity index (χ1) is 26.4. The Bertz CT molecular complexity index is 1790. The van der Waals surface area contributed by atoms with Gasteiger partial charge in [-0.2, -0.15) is 0 Å². The van der Waals surface area contributed by atoms with E-state index < -0.39 is 0 Å². The highest BCUT2D eigenvalue weighted by molar-refractivity contribution is 5.87. The lowest BCUT2D eigenvalue weighted by atomic mass is 9.69. The molecule has 0 fully saturated rings. The zero-order valence-corrected chi connectivity index (χ0v) is 34.9. The molecular weight excluding hydrogens is 653 g/mol. The van der Waals surface area contributed by atoms with E-state index in [-0.39, 0.29) is 10.8 Å². The summed E-state index contributed by atoms with van der Waals surface area (Å²) in [6.45, 7) is 11.4. The van der Waals surface area contributed by atoms with E-state index >= 15 is 0 Å². The molecule has 0 saturated carbocycles. The van der Waals surface area contributed by atoms with Gasteiger partial charge in [0.25, 0.3) is 0 Å². The van der Waals surface area contributed by atoms with E-state index in [1.807, 2.05) is 0 Å². The molecule has 0 aliphatic heterocycles. The second-order valence-electron chi connectivity index (χ2n) is 17.4. The average Bonchev–Trinajstić information content (AvgIpc) is 3.60. The Kier molecular flexibility index (Phi) is 14.3. The van der Waals surface area contributed by atoms with E-state index in [9.17, 15) is 0 Å². The Morgan fingerprint density at radius 1 is 0.370 bits per heavy atom. The first kappa shape index (κ1) is 40.5. The van der Waals surface area contributed by atoms with Gasteiger partial charge in [-0.25, -0.2) is 0 Å². The van der Waals surface area contributed by atoms with Gasteiger partial charge in [0.15, 0.2) is 0 Å². The van der Waals surface area contributed by atoms with Crippen molar-refractivity contribution in [3.05, 3.63) is 106 Å². The van der Waals surface area contributed by atoms with Crippen molar-refractivity contribution in [2.45, 2.75) is 167 Å². The topological polar surface area (TPSA) is 55.3 Å². The number of unbranched alkanes of at least 4 members (excludes halogenated alkanes) is 12. The molecular formula is C52H74N2+2. The average molecular weight is 727 g/mol. The summed E-state index contributed by atoms with van der Waals surface area (Å²) in [6, 6.07) is 29.9. The van der Waals surface area contributed by atoms with E-state index in [2.05, 4.69) is 112 Å². The minimum absolute atomic E-state index is 0.0778. The van der Waals surface area contributed by atoms with Crippen LogP contribution in [0.25, 0.3) is 33.4 Å². The molecule has 0 amide bonds. The van der Waals surface area contributed by atoms with Crippen LogP contribution in [0.2, 0.25) is 0 Å². The summed E-state index contributed by atoms with van der Waals surface area (Å²) in [4.78, 5) is 0. The Morgan fingerprint density at radius 3 is 1.04 bits per heavy atom. The number of aryl methyl sites for hydroxylation is 2. The maximum absolute atomic E-state index is 4.13. The summed E-state index contributed by atoms with van der Waals surface area (Å²) in [6.07, 6.45) is 25.8. The minimum atomic E-state index is 0.0778. The number of rotatable bonds is 23. The molecule has 4 aromatic rings. The van der Waals surface area contributed by atoms with E-state index in [0.717, 1.165) is 13.1 Å². The number of hydrogen-bond donors (Lipinski definition) is 2. The zero-order chi connectivity index (χ0) is 38.0. The third-order valence-electron chi connectivity index (χ3n) is 13.5. The number of hydrogen-bond acceptors (Lipinski definition) is 0. The lowest BCUT2D eigenvalue weighted by molar-refractivity contribution is -0.368. The Balaban J connectivity index is 1.44. The second-order valence-corrected chi connectivity index (χ2v) is 17.4. The fourth-order valence-corrected chi connectivity index (χ4v) is 10.5. The van der Waals surface area contributed by atoms with Crippen LogP contribution in [0.3, 0.4) is 0 Å². The molecule has 0 heterocycles. The van der Waals surface area contributed by atoms with Crippen molar-refractivity contribution in [3.63, 3.8) is 0 Å². The largest absolute Gasteiger partial charge is 0.358 e. The number of fused-ring (bicyclic) bond motifs is 6. The van der Waals surface area contributed by atoms with Gasteiger partial charge in [0.1, 0.15) is 0 Å². The highest BCUT2D eigenvalue weighted by Crippen LogP contribution is 2.57.